The zero-order valence-electron chi connectivity index (χ0n) is 15.6. The number of hydrogen-bond donors (Lipinski definition) is 2. The molecule has 30 heavy (non-hydrogen) atoms. The largest absolute Gasteiger partial charge is 0.389 e. The van der Waals surface area contributed by atoms with Crippen molar-refractivity contribution in [3.8, 4) is 6.07 Å². The third-order valence-electron chi connectivity index (χ3n) is 4.58. The smallest absolute Gasteiger partial charge is 0.269 e. The van der Waals surface area contributed by atoms with Gasteiger partial charge in [-0.15, -0.1) is 0 Å². The summed E-state index contributed by atoms with van der Waals surface area (Å²) < 4.78 is 0. The molecule has 0 radical (unpaired) electrons. The van der Waals surface area contributed by atoms with Gasteiger partial charge in [0, 0.05) is 34.6 Å². The topological polar surface area (TPSA) is 162 Å². The van der Waals surface area contributed by atoms with Crippen LogP contribution in [0.5, 0.6) is 0 Å². The molecule has 154 valence electrons. The first-order chi connectivity index (χ1) is 14.1. The second kappa shape index (κ2) is 9.82. The van der Waals surface area contributed by atoms with Gasteiger partial charge in [0.25, 0.3) is 5.69 Å². The molecular weight excluding hydrogens is 426 g/mol. The summed E-state index contributed by atoms with van der Waals surface area (Å²) >= 11 is 10.3. The van der Waals surface area contributed by atoms with Crippen molar-refractivity contribution < 1.29 is 9.85 Å². The van der Waals surface area contributed by atoms with Crippen molar-refractivity contribution in [3.63, 3.8) is 0 Å². The molecule has 0 aliphatic heterocycles. The summed E-state index contributed by atoms with van der Waals surface area (Å²) in [4.78, 5) is 20.8. The molecule has 0 aliphatic carbocycles. The van der Waals surface area contributed by atoms with E-state index < -0.39 is 15.8 Å². The standard InChI is InChI=1S/C19H17N5O4S2/c20-10-13-3-6-15(17(19(22)30)16(13)18(21)29)12(7-8-23(25)26)9-11-1-4-14(5-2-11)24(27)28/h1-6,12H,7-9H2,(H2,21,29)(H2,22,30). The number of rotatable bonds is 9. The zero-order chi connectivity index (χ0) is 22.4. The van der Waals surface area contributed by atoms with E-state index in [9.17, 15) is 25.5 Å². The predicted molar refractivity (Wildman–Crippen MR) is 119 cm³/mol. The van der Waals surface area contributed by atoms with Crippen LogP contribution in [0.1, 0.15) is 40.2 Å². The molecule has 9 nitrogen and oxygen atoms in total. The fourth-order valence-electron chi connectivity index (χ4n) is 3.24. The molecule has 0 spiro atoms. The molecule has 2 aromatic rings. The number of thiocarbonyl (C=S) groups is 2. The van der Waals surface area contributed by atoms with Gasteiger partial charge in [0.1, 0.15) is 9.98 Å². The summed E-state index contributed by atoms with van der Waals surface area (Å²) in [5, 5.41) is 31.3. The Morgan fingerprint density at radius 3 is 2.10 bits per heavy atom. The minimum absolute atomic E-state index is 0.0281. The number of nitriles is 1. The molecule has 0 bridgehead atoms. The van der Waals surface area contributed by atoms with Gasteiger partial charge in [-0.05, 0) is 29.5 Å². The summed E-state index contributed by atoms with van der Waals surface area (Å²) in [6.45, 7) is -0.309. The number of nitro groups is 2. The minimum atomic E-state index is -0.506. The Balaban J connectivity index is 2.58. The average molecular weight is 444 g/mol. The lowest BCUT2D eigenvalue weighted by Gasteiger charge is -2.22. The second-order valence-electron chi connectivity index (χ2n) is 6.46. The number of nitro benzene ring substituents is 1. The van der Waals surface area contributed by atoms with Gasteiger partial charge >= 0.3 is 0 Å². The van der Waals surface area contributed by atoms with Crippen molar-refractivity contribution in [2.24, 2.45) is 11.5 Å². The van der Waals surface area contributed by atoms with Crippen molar-refractivity contribution >= 4 is 40.1 Å². The molecule has 2 aromatic carbocycles. The van der Waals surface area contributed by atoms with Gasteiger partial charge in [-0.3, -0.25) is 20.2 Å². The van der Waals surface area contributed by atoms with E-state index >= 15 is 0 Å². The molecule has 2 rings (SSSR count). The van der Waals surface area contributed by atoms with Gasteiger partial charge in [-0.25, -0.2) is 0 Å². The van der Waals surface area contributed by atoms with Gasteiger partial charge in [0.15, 0.2) is 0 Å². The van der Waals surface area contributed by atoms with E-state index in [0.29, 0.717) is 17.5 Å². The van der Waals surface area contributed by atoms with E-state index in [0.717, 1.165) is 5.56 Å². The fraction of sp³-hybridized carbons (Fsp3) is 0.211. The van der Waals surface area contributed by atoms with Crippen LogP contribution in [0.15, 0.2) is 36.4 Å². The van der Waals surface area contributed by atoms with Gasteiger partial charge in [-0.2, -0.15) is 5.26 Å². The molecule has 11 heteroatoms. The maximum Gasteiger partial charge on any atom is 0.269 e. The number of hydrogen-bond acceptors (Lipinski definition) is 7. The second-order valence-corrected chi connectivity index (χ2v) is 7.34. The summed E-state index contributed by atoms with van der Waals surface area (Å²) in [7, 11) is 0. The normalized spacial score (nSPS) is 11.3. The Bertz CT molecular complexity index is 1060. The van der Waals surface area contributed by atoms with Crippen molar-refractivity contribution in [2.45, 2.75) is 18.8 Å². The molecule has 1 unspecified atom stereocenters. The monoisotopic (exact) mass is 443 g/mol. The Morgan fingerprint density at radius 1 is 1.03 bits per heavy atom. The molecule has 0 amide bonds. The first kappa shape index (κ1) is 22.8. The summed E-state index contributed by atoms with van der Waals surface area (Å²) in [5.41, 5.74) is 13.8. The Morgan fingerprint density at radius 2 is 1.63 bits per heavy atom. The molecule has 0 aliphatic rings. The van der Waals surface area contributed by atoms with Crippen LogP contribution in [0.3, 0.4) is 0 Å². The SMILES string of the molecule is N#Cc1ccc(C(CC[N+](=O)[O-])Cc2ccc([N+](=O)[O-])cc2)c(C(N)=S)c1C(N)=S. The zero-order valence-corrected chi connectivity index (χ0v) is 17.2. The molecule has 1 atom stereocenters. The quantitative estimate of drug-likeness (QED) is 0.337. The highest BCUT2D eigenvalue weighted by atomic mass is 32.1. The molecule has 0 heterocycles. The first-order valence-electron chi connectivity index (χ1n) is 8.67. The van der Waals surface area contributed by atoms with E-state index in [2.05, 4.69) is 0 Å². The van der Waals surface area contributed by atoms with Crippen molar-refractivity contribution in [3.05, 3.63) is 84.4 Å². The average Bonchev–Trinajstić information content (AvgIpc) is 2.69. The van der Waals surface area contributed by atoms with Crippen molar-refractivity contribution in [2.75, 3.05) is 6.54 Å². The van der Waals surface area contributed by atoms with Crippen LogP contribution in [-0.4, -0.2) is 26.4 Å². The highest BCUT2D eigenvalue weighted by molar-refractivity contribution is 7.81. The Kier molecular flexibility index (Phi) is 7.46. The minimum Gasteiger partial charge on any atom is -0.389 e. The van der Waals surface area contributed by atoms with Crippen LogP contribution in [0, 0.1) is 31.6 Å². The Labute approximate surface area is 182 Å². The number of nitrogens with zero attached hydrogens (tertiary/aromatic N) is 3. The molecule has 0 aromatic heterocycles. The van der Waals surface area contributed by atoms with Gasteiger partial charge in [-0.1, -0.05) is 42.6 Å². The maximum absolute atomic E-state index is 11.0. The highest BCUT2D eigenvalue weighted by Gasteiger charge is 2.25. The lowest BCUT2D eigenvalue weighted by atomic mass is 9.83. The van der Waals surface area contributed by atoms with Crippen LogP contribution in [0.25, 0.3) is 0 Å². The van der Waals surface area contributed by atoms with Crippen molar-refractivity contribution in [1.82, 2.24) is 0 Å². The fourth-order valence-corrected chi connectivity index (χ4v) is 3.67. The van der Waals surface area contributed by atoms with E-state index in [1.54, 1.807) is 18.2 Å². The molecule has 0 saturated heterocycles. The van der Waals surface area contributed by atoms with E-state index in [-0.39, 0.29) is 39.8 Å². The lowest BCUT2D eigenvalue weighted by molar-refractivity contribution is -0.480. The van der Waals surface area contributed by atoms with Gasteiger partial charge in [0.2, 0.25) is 6.54 Å². The maximum atomic E-state index is 11.0. The van der Waals surface area contributed by atoms with Crippen LogP contribution in [0.4, 0.5) is 5.69 Å². The molecule has 4 N–H and O–H groups in total. The van der Waals surface area contributed by atoms with Crippen LogP contribution in [-0.2, 0) is 6.42 Å². The van der Waals surface area contributed by atoms with Crippen LogP contribution in [0.2, 0.25) is 0 Å². The number of benzene rings is 2. The number of nitrogens with two attached hydrogens (primary N) is 2. The van der Waals surface area contributed by atoms with E-state index in [1.165, 1.54) is 18.2 Å². The van der Waals surface area contributed by atoms with Gasteiger partial charge in [0.05, 0.1) is 16.6 Å². The van der Waals surface area contributed by atoms with Crippen molar-refractivity contribution in [1.29, 1.82) is 5.26 Å². The molecule has 0 saturated carbocycles. The summed E-state index contributed by atoms with van der Waals surface area (Å²) in [5.74, 6) is -0.408. The highest BCUT2D eigenvalue weighted by Crippen LogP contribution is 2.31. The summed E-state index contributed by atoms with van der Waals surface area (Å²) in [6.07, 6.45) is 0.492. The van der Waals surface area contributed by atoms with Gasteiger partial charge < -0.3 is 11.5 Å². The molecule has 0 fully saturated rings. The van der Waals surface area contributed by atoms with E-state index in [4.69, 9.17) is 35.9 Å². The third kappa shape index (κ3) is 5.31. The van der Waals surface area contributed by atoms with E-state index in [1.807, 2.05) is 6.07 Å². The van der Waals surface area contributed by atoms with Crippen LogP contribution < -0.4 is 11.5 Å². The van der Waals surface area contributed by atoms with Crippen LogP contribution >= 0.6 is 24.4 Å². The predicted octanol–water partition coefficient (Wildman–Crippen LogP) is 2.73. The third-order valence-corrected chi connectivity index (χ3v) is 4.99. The lowest BCUT2D eigenvalue weighted by Crippen LogP contribution is -2.24. The number of non-ortho nitro benzene ring substituents is 1. The summed E-state index contributed by atoms with van der Waals surface area (Å²) in [6, 6.07) is 11.1. The Hall–Kier alpha value is -3.49. The molecular formula is C19H17N5O4S2. The first-order valence-corrected chi connectivity index (χ1v) is 9.49.